The van der Waals surface area contributed by atoms with Crippen LogP contribution in [0.25, 0.3) is 0 Å². The van der Waals surface area contributed by atoms with Crippen LogP contribution in [0.1, 0.15) is 5.76 Å². The molecule has 0 aromatic carbocycles. The summed E-state index contributed by atoms with van der Waals surface area (Å²) in [7, 11) is 1.71. The SMILES string of the molecule is Cc1cc(NC(=O)CSc2nnnn2C)no1. The van der Waals surface area contributed by atoms with E-state index in [2.05, 4.69) is 26.0 Å². The number of tetrazole rings is 1. The minimum absolute atomic E-state index is 0.189. The number of carbonyl (C=O) groups excluding carboxylic acids is 1. The van der Waals surface area contributed by atoms with Crippen molar-refractivity contribution in [3.8, 4) is 0 Å². The smallest absolute Gasteiger partial charge is 0.236 e. The second-order valence-electron chi connectivity index (χ2n) is 3.24. The third-order valence-electron chi connectivity index (χ3n) is 1.81. The third-order valence-corrected chi connectivity index (χ3v) is 2.82. The van der Waals surface area contributed by atoms with E-state index in [9.17, 15) is 4.79 Å². The monoisotopic (exact) mass is 254 g/mol. The Labute approximate surface area is 101 Å². The van der Waals surface area contributed by atoms with Gasteiger partial charge in [0.2, 0.25) is 11.1 Å². The molecule has 1 amide bonds. The summed E-state index contributed by atoms with van der Waals surface area (Å²) >= 11 is 1.24. The van der Waals surface area contributed by atoms with Crippen molar-refractivity contribution in [2.24, 2.45) is 7.05 Å². The van der Waals surface area contributed by atoms with Gasteiger partial charge >= 0.3 is 0 Å². The number of aromatic nitrogens is 5. The first kappa shape index (κ1) is 11.6. The van der Waals surface area contributed by atoms with Crippen molar-refractivity contribution in [3.05, 3.63) is 11.8 Å². The second-order valence-corrected chi connectivity index (χ2v) is 4.19. The van der Waals surface area contributed by atoms with Gasteiger partial charge in [-0.2, -0.15) is 0 Å². The molecule has 0 radical (unpaired) electrons. The molecule has 1 N–H and O–H groups in total. The minimum Gasteiger partial charge on any atom is -0.360 e. The summed E-state index contributed by atoms with van der Waals surface area (Å²) in [5.74, 6) is 1.07. The molecule has 8 nitrogen and oxygen atoms in total. The first-order valence-electron chi connectivity index (χ1n) is 4.73. The number of aryl methyl sites for hydroxylation is 2. The maximum atomic E-state index is 11.5. The Morgan fingerprint density at radius 2 is 2.47 bits per heavy atom. The van der Waals surface area contributed by atoms with Crippen LogP contribution in [0.3, 0.4) is 0 Å². The zero-order valence-electron chi connectivity index (χ0n) is 9.25. The highest BCUT2D eigenvalue weighted by Gasteiger charge is 2.09. The Hall–Kier alpha value is -1.90. The Balaban J connectivity index is 1.84. The fourth-order valence-electron chi connectivity index (χ4n) is 1.08. The van der Waals surface area contributed by atoms with Crippen LogP contribution in [0, 0.1) is 6.92 Å². The Bertz CT molecular complexity index is 522. The second kappa shape index (κ2) is 4.95. The summed E-state index contributed by atoms with van der Waals surface area (Å²) in [6.07, 6.45) is 0. The van der Waals surface area contributed by atoms with Crippen molar-refractivity contribution in [1.29, 1.82) is 0 Å². The van der Waals surface area contributed by atoms with E-state index in [1.54, 1.807) is 20.0 Å². The molecule has 2 rings (SSSR count). The van der Waals surface area contributed by atoms with E-state index in [1.807, 2.05) is 0 Å². The maximum Gasteiger partial charge on any atom is 0.236 e. The van der Waals surface area contributed by atoms with Crippen LogP contribution in [0.4, 0.5) is 5.82 Å². The lowest BCUT2D eigenvalue weighted by molar-refractivity contribution is -0.113. The summed E-state index contributed by atoms with van der Waals surface area (Å²) in [6, 6.07) is 1.65. The molecule has 0 saturated carbocycles. The predicted molar refractivity (Wildman–Crippen MR) is 59.4 cm³/mol. The fraction of sp³-hybridized carbons (Fsp3) is 0.375. The lowest BCUT2D eigenvalue weighted by Crippen LogP contribution is -2.14. The van der Waals surface area contributed by atoms with Gasteiger partial charge in [0.05, 0.1) is 5.75 Å². The molecule has 0 atom stereocenters. The van der Waals surface area contributed by atoms with Crippen LogP contribution in [0.2, 0.25) is 0 Å². The lowest BCUT2D eigenvalue weighted by atomic mass is 10.5. The van der Waals surface area contributed by atoms with Crippen molar-refractivity contribution in [3.63, 3.8) is 0 Å². The highest BCUT2D eigenvalue weighted by atomic mass is 32.2. The van der Waals surface area contributed by atoms with Gasteiger partial charge in [-0.25, -0.2) is 4.68 Å². The number of thioether (sulfide) groups is 1. The standard InChI is InChI=1S/C8H10N6O2S/c1-5-3-6(11-16-5)9-7(15)4-17-8-10-12-13-14(8)2/h3H,4H2,1-2H3,(H,9,11,15). The number of hydrogen-bond donors (Lipinski definition) is 1. The average molecular weight is 254 g/mol. The Kier molecular flexibility index (Phi) is 3.38. The number of nitrogens with one attached hydrogen (secondary N) is 1. The summed E-state index contributed by atoms with van der Waals surface area (Å²) in [5, 5.41) is 17.7. The van der Waals surface area contributed by atoms with Gasteiger partial charge in [0, 0.05) is 13.1 Å². The van der Waals surface area contributed by atoms with Gasteiger partial charge in [-0.1, -0.05) is 16.9 Å². The molecule has 17 heavy (non-hydrogen) atoms. The number of carbonyl (C=O) groups is 1. The lowest BCUT2D eigenvalue weighted by Gasteiger charge is -1.99. The van der Waals surface area contributed by atoms with Gasteiger partial charge in [-0.05, 0) is 17.4 Å². The molecule has 0 aliphatic carbocycles. The quantitative estimate of drug-likeness (QED) is 0.780. The number of rotatable bonds is 4. The van der Waals surface area contributed by atoms with Gasteiger partial charge in [-0.15, -0.1) is 5.10 Å². The fourth-order valence-corrected chi connectivity index (χ4v) is 1.73. The van der Waals surface area contributed by atoms with Crippen LogP contribution in [0.5, 0.6) is 0 Å². The first-order valence-corrected chi connectivity index (χ1v) is 5.72. The topological polar surface area (TPSA) is 98.7 Å². The van der Waals surface area contributed by atoms with Gasteiger partial charge < -0.3 is 9.84 Å². The average Bonchev–Trinajstić information content (AvgIpc) is 2.85. The molecular formula is C8H10N6O2S. The number of hydrogen-bond acceptors (Lipinski definition) is 7. The largest absolute Gasteiger partial charge is 0.360 e. The molecule has 2 heterocycles. The molecular weight excluding hydrogens is 244 g/mol. The Morgan fingerprint density at radius 1 is 1.65 bits per heavy atom. The normalized spacial score (nSPS) is 10.5. The molecule has 9 heteroatoms. The van der Waals surface area contributed by atoms with Crippen molar-refractivity contribution in [2.45, 2.75) is 12.1 Å². The van der Waals surface area contributed by atoms with Crippen LogP contribution in [0.15, 0.2) is 15.7 Å². The van der Waals surface area contributed by atoms with Gasteiger partial charge in [0.1, 0.15) is 5.76 Å². The summed E-state index contributed by atoms with van der Waals surface area (Å²) in [4.78, 5) is 11.5. The van der Waals surface area contributed by atoms with E-state index in [-0.39, 0.29) is 11.7 Å². The van der Waals surface area contributed by atoms with E-state index in [4.69, 9.17) is 4.52 Å². The molecule has 0 unspecified atom stereocenters. The van der Waals surface area contributed by atoms with Gasteiger partial charge in [0.15, 0.2) is 5.82 Å². The molecule has 0 fully saturated rings. The molecule has 0 spiro atoms. The molecule has 0 aliphatic rings. The summed E-state index contributed by atoms with van der Waals surface area (Å²) in [5.41, 5.74) is 0. The minimum atomic E-state index is -0.189. The zero-order chi connectivity index (χ0) is 12.3. The molecule has 0 aliphatic heterocycles. The predicted octanol–water partition coefficient (Wildman–Crippen LogP) is 0.237. The first-order chi connectivity index (χ1) is 8.15. The molecule has 0 bridgehead atoms. The van der Waals surface area contributed by atoms with Crippen LogP contribution < -0.4 is 5.32 Å². The third kappa shape index (κ3) is 3.03. The van der Waals surface area contributed by atoms with Gasteiger partial charge in [0.25, 0.3) is 0 Å². The molecule has 2 aromatic rings. The van der Waals surface area contributed by atoms with E-state index in [0.29, 0.717) is 16.7 Å². The van der Waals surface area contributed by atoms with Crippen molar-refractivity contribution in [1.82, 2.24) is 25.4 Å². The highest BCUT2D eigenvalue weighted by molar-refractivity contribution is 7.99. The van der Waals surface area contributed by atoms with Crippen molar-refractivity contribution >= 4 is 23.5 Å². The number of nitrogens with zero attached hydrogens (tertiary/aromatic N) is 5. The summed E-state index contributed by atoms with van der Waals surface area (Å²) < 4.78 is 6.33. The summed E-state index contributed by atoms with van der Waals surface area (Å²) in [6.45, 7) is 1.75. The van der Waals surface area contributed by atoms with Crippen LogP contribution in [-0.4, -0.2) is 37.0 Å². The Morgan fingerprint density at radius 3 is 3.06 bits per heavy atom. The number of amides is 1. The zero-order valence-corrected chi connectivity index (χ0v) is 10.1. The van der Waals surface area contributed by atoms with E-state index < -0.39 is 0 Å². The van der Waals surface area contributed by atoms with Crippen molar-refractivity contribution in [2.75, 3.05) is 11.1 Å². The molecule has 2 aromatic heterocycles. The number of anilines is 1. The highest BCUT2D eigenvalue weighted by Crippen LogP contribution is 2.13. The molecule has 90 valence electrons. The van der Waals surface area contributed by atoms with Crippen LogP contribution in [-0.2, 0) is 11.8 Å². The van der Waals surface area contributed by atoms with Crippen LogP contribution >= 0.6 is 11.8 Å². The van der Waals surface area contributed by atoms with Gasteiger partial charge in [-0.3, -0.25) is 4.79 Å². The van der Waals surface area contributed by atoms with E-state index >= 15 is 0 Å². The van der Waals surface area contributed by atoms with E-state index in [1.165, 1.54) is 16.4 Å². The maximum absolute atomic E-state index is 11.5. The van der Waals surface area contributed by atoms with Crippen molar-refractivity contribution < 1.29 is 9.32 Å². The van der Waals surface area contributed by atoms with E-state index in [0.717, 1.165) is 0 Å². The molecule has 0 saturated heterocycles.